The molecule has 6 aromatic rings. The summed E-state index contributed by atoms with van der Waals surface area (Å²) in [5, 5.41) is 0. The molecule has 0 bridgehead atoms. The molecule has 76 heavy (non-hydrogen) atoms. The molecule has 4 aromatic heterocycles. The van der Waals surface area contributed by atoms with Gasteiger partial charge in [-0.3, -0.25) is 57.5 Å². The molecule has 0 spiro atoms. The lowest BCUT2D eigenvalue weighted by molar-refractivity contribution is -0.166. The zero-order valence-corrected chi connectivity index (χ0v) is 41.0. The summed E-state index contributed by atoms with van der Waals surface area (Å²) in [7, 11) is 0. The number of rotatable bonds is 10. The molecule has 2 aliphatic heterocycles. The van der Waals surface area contributed by atoms with Crippen LogP contribution in [0.3, 0.4) is 0 Å². The van der Waals surface area contributed by atoms with Crippen molar-refractivity contribution in [2.24, 2.45) is 0 Å². The standard InChI is InChI=1S/C50H44N10O16/c1-23(61)69-21-33-39(71-25(3)63)41(73-27(5)65)47(75-33)59-35(53-37-43(59)55-49(51)57-45(37)67)19-17-31-13-9-29(10-14-31)7-8-30-11-15-32(16-12-30)18-20-36-54-38-44(56-50(52)58-46(38)68)60(36)48-42(74-28(6)66)40(72-26(4)64)34(76-48)22-70-24(2)62/h9-16,33-34,39-42,47-48H,21-22H2,1-6H3,(H3,51,55,57,67)(H3,52,56,58,68)/t33-,34-,39-,40-,41-,42-,47-,48-/m1/s1. The van der Waals surface area contributed by atoms with Crippen LogP contribution in [0.25, 0.3) is 22.3 Å². The van der Waals surface area contributed by atoms with Crippen LogP contribution in [-0.4, -0.2) is 125 Å². The normalized spacial score (nSPS) is 20.4. The van der Waals surface area contributed by atoms with Crippen LogP contribution in [0.4, 0.5) is 11.9 Å². The van der Waals surface area contributed by atoms with Crippen LogP contribution in [-0.2, 0) is 66.7 Å². The number of nitrogens with one attached hydrogen (secondary N) is 2. The van der Waals surface area contributed by atoms with E-state index in [1.807, 2.05) is 0 Å². The molecule has 8 atom stereocenters. The van der Waals surface area contributed by atoms with E-state index in [2.05, 4.69) is 65.4 Å². The number of aromatic amines is 2. The average Bonchev–Trinajstić information content (AvgIpc) is 4.11. The van der Waals surface area contributed by atoms with E-state index in [-0.39, 0.29) is 45.9 Å². The minimum Gasteiger partial charge on any atom is -0.463 e. The summed E-state index contributed by atoms with van der Waals surface area (Å²) in [6.45, 7) is 6.12. The second-order valence-electron chi connectivity index (χ2n) is 16.8. The summed E-state index contributed by atoms with van der Waals surface area (Å²) in [4.78, 5) is 121. The van der Waals surface area contributed by atoms with Crippen molar-refractivity contribution in [1.29, 1.82) is 0 Å². The Morgan fingerprint density at radius 1 is 0.487 bits per heavy atom. The van der Waals surface area contributed by atoms with E-state index in [0.29, 0.717) is 22.3 Å². The number of fused-ring (bicyclic) bond motifs is 2. The molecule has 2 aliphatic rings. The monoisotopic (exact) mass is 1040 g/mol. The number of nitrogens with zero attached hydrogens (tertiary/aromatic N) is 6. The number of ether oxygens (including phenoxy) is 8. The van der Waals surface area contributed by atoms with Crippen molar-refractivity contribution < 1.29 is 66.7 Å². The van der Waals surface area contributed by atoms with Crippen LogP contribution >= 0.6 is 0 Å². The molecule has 0 saturated carbocycles. The fourth-order valence-corrected chi connectivity index (χ4v) is 8.14. The van der Waals surface area contributed by atoms with Crippen LogP contribution in [0.1, 0.15) is 87.9 Å². The van der Waals surface area contributed by atoms with Crippen molar-refractivity contribution in [2.45, 2.75) is 90.6 Å². The second kappa shape index (κ2) is 22.1. The molecule has 0 amide bonds. The number of carbonyl (C=O) groups is 6. The number of hydrogen-bond acceptors (Lipinski definition) is 22. The Morgan fingerprint density at radius 2 is 0.789 bits per heavy atom. The van der Waals surface area contributed by atoms with Gasteiger partial charge in [-0.2, -0.15) is 9.97 Å². The highest BCUT2D eigenvalue weighted by Crippen LogP contribution is 2.38. The van der Waals surface area contributed by atoms with E-state index in [4.69, 9.17) is 49.4 Å². The summed E-state index contributed by atoms with van der Waals surface area (Å²) in [6.07, 6.45) is -10.2. The number of aromatic nitrogens is 8. The van der Waals surface area contributed by atoms with Gasteiger partial charge in [0.05, 0.1) is 0 Å². The van der Waals surface area contributed by atoms with Crippen LogP contribution in [0.15, 0.2) is 58.1 Å². The molecule has 26 nitrogen and oxygen atoms in total. The molecule has 0 unspecified atom stereocenters. The minimum atomic E-state index is -1.36. The summed E-state index contributed by atoms with van der Waals surface area (Å²) in [5.41, 5.74) is 12.1. The lowest BCUT2D eigenvalue weighted by Gasteiger charge is -2.24. The Morgan fingerprint density at radius 3 is 1.09 bits per heavy atom. The highest BCUT2D eigenvalue weighted by Gasteiger charge is 2.53. The molecule has 2 saturated heterocycles. The number of nitrogens with two attached hydrogens (primary N) is 2. The molecule has 6 N–H and O–H groups in total. The maximum Gasteiger partial charge on any atom is 0.303 e. The highest BCUT2D eigenvalue weighted by molar-refractivity contribution is 5.75. The Labute approximate surface area is 428 Å². The maximum atomic E-state index is 13.0. The number of H-pyrrole nitrogens is 2. The van der Waals surface area contributed by atoms with Crippen molar-refractivity contribution in [1.82, 2.24) is 39.0 Å². The molecular weight excluding hydrogens is 997 g/mol. The Hall–Kier alpha value is -9.84. The lowest BCUT2D eigenvalue weighted by atomic mass is 10.1. The molecule has 8 rings (SSSR count). The van der Waals surface area contributed by atoms with Crippen LogP contribution in [0, 0.1) is 35.5 Å². The van der Waals surface area contributed by atoms with Gasteiger partial charge in [-0.05, 0) is 60.4 Å². The zero-order valence-electron chi connectivity index (χ0n) is 41.0. The van der Waals surface area contributed by atoms with Crippen molar-refractivity contribution >= 4 is 70.0 Å². The van der Waals surface area contributed by atoms with Crippen molar-refractivity contribution in [3.63, 3.8) is 0 Å². The number of nitrogen functional groups attached to an aromatic ring is 2. The van der Waals surface area contributed by atoms with Crippen molar-refractivity contribution in [3.05, 3.63) is 103 Å². The summed E-state index contributed by atoms with van der Waals surface area (Å²) >= 11 is 0. The van der Waals surface area contributed by atoms with E-state index >= 15 is 0 Å². The van der Waals surface area contributed by atoms with E-state index in [9.17, 15) is 38.4 Å². The maximum absolute atomic E-state index is 13.0. The topological polar surface area (TPSA) is 355 Å². The number of carbonyl (C=O) groups excluding carboxylic acids is 6. The smallest absolute Gasteiger partial charge is 0.303 e. The van der Waals surface area contributed by atoms with E-state index in [0.717, 1.165) is 27.7 Å². The molecule has 6 heterocycles. The van der Waals surface area contributed by atoms with Gasteiger partial charge in [0.15, 0.2) is 70.8 Å². The fraction of sp³-hybridized carbons (Fsp3) is 0.320. The Kier molecular flexibility index (Phi) is 15.3. The third-order valence-corrected chi connectivity index (χ3v) is 11.1. The van der Waals surface area contributed by atoms with E-state index in [1.54, 1.807) is 48.5 Å². The predicted octanol–water partition coefficient (Wildman–Crippen LogP) is 0.564. The predicted molar refractivity (Wildman–Crippen MR) is 259 cm³/mol. The molecule has 26 heteroatoms. The van der Waals surface area contributed by atoms with Gasteiger partial charge in [-0.15, -0.1) is 0 Å². The van der Waals surface area contributed by atoms with E-state index < -0.39 is 109 Å². The van der Waals surface area contributed by atoms with Crippen molar-refractivity contribution in [3.8, 4) is 35.5 Å². The third kappa shape index (κ3) is 11.8. The first-order chi connectivity index (χ1) is 36.2. The fourth-order valence-electron chi connectivity index (χ4n) is 8.14. The Bertz CT molecular complexity index is 3410. The van der Waals surface area contributed by atoms with Gasteiger partial charge < -0.3 is 49.4 Å². The second-order valence-corrected chi connectivity index (χ2v) is 16.8. The zero-order chi connectivity index (χ0) is 54.5. The van der Waals surface area contributed by atoms with Gasteiger partial charge in [-0.25, -0.2) is 9.97 Å². The lowest BCUT2D eigenvalue weighted by Crippen LogP contribution is -2.40. The highest BCUT2D eigenvalue weighted by atomic mass is 16.7. The number of anilines is 2. The molecule has 2 fully saturated rings. The Balaban J connectivity index is 1.05. The first-order valence-electron chi connectivity index (χ1n) is 22.8. The molecule has 390 valence electrons. The SMILES string of the molecule is CC(=O)OC[C@H]1O[C@@H](n2c(C#Cc3ccc(C#Cc4ccc(C#Cc5nc6c(=O)[nH]c(N)nc6n5[C@@H]5O[C@H](COC(C)=O)[C@@H](OC(C)=O)[C@H]5OC(C)=O)cc4)cc3)nc3c(=O)[nH]c(N)nc32)[C@H](OC(C)=O)[C@@H]1OC(C)=O. The first-order valence-corrected chi connectivity index (χ1v) is 22.8. The number of hydrogen-bond donors (Lipinski definition) is 4. The van der Waals surface area contributed by atoms with Crippen LogP contribution in [0.2, 0.25) is 0 Å². The summed E-state index contributed by atoms with van der Waals surface area (Å²) < 4.78 is 47.5. The van der Waals surface area contributed by atoms with Gasteiger partial charge in [-0.1, -0.05) is 23.7 Å². The minimum absolute atomic E-state index is 0.0696. The van der Waals surface area contributed by atoms with Gasteiger partial charge in [0.2, 0.25) is 11.9 Å². The van der Waals surface area contributed by atoms with Crippen molar-refractivity contribution in [2.75, 3.05) is 24.7 Å². The van der Waals surface area contributed by atoms with Gasteiger partial charge in [0, 0.05) is 63.8 Å². The van der Waals surface area contributed by atoms with Crippen LogP contribution < -0.4 is 22.6 Å². The number of esters is 6. The summed E-state index contributed by atoms with van der Waals surface area (Å²) in [5.74, 6) is 13.0. The number of benzene rings is 2. The largest absolute Gasteiger partial charge is 0.463 e. The molecule has 0 aliphatic carbocycles. The molecule has 2 aromatic carbocycles. The van der Waals surface area contributed by atoms with Gasteiger partial charge in [0.1, 0.15) is 25.4 Å². The van der Waals surface area contributed by atoms with Crippen LogP contribution in [0.5, 0.6) is 0 Å². The first kappa shape index (κ1) is 52.5. The molecular formula is C50H44N10O16. The molecule has 0 radical (unpaired) electrons. The quantitative estimate of drug-likeness (QED) is 0.0827. The average molecular weight is 1040 g/mol. The summed E-state index contributed by atoms with van der Waals surface area (Å²) in [6, 6.07) is 13.7. The van der Waals surface area contributed by atoms with Gasteiger partial charge in [0.25, 0.3) is 11.1 Å². The third-order valence-electron chi connectivity index (χ3n) is 11.1. The van der Waals surface area contributed by atoms with Gasteiger partial charge >= 0.3 is 35.8 Å². The number of imidazole rings is 2. The van der Waals surface area contributed by atoms with E-state index in [1.165, 1.54) is 23.0 Å².